The molecule has 2 N–H and O–H groups in total. The van der Waals surface area contributed by atoms with Gasteiger partial charge in [0.2, 0.25) is 5.91 Å². The fraction of sp³-hybridized carbons (Fsp3) is 0.562. The molecule has 1 rings (SSSR count). The zero-order valence-corrected chi connectivity index (χ0v) is 12.7. The molecule has 2 atom stereocenters. The molecule has 106 valence electrons. The summed E-state index contributed by atoms with van der Waals surface area (Å²) < 4.78 is 0. The number of nitrogens with one attached hydrogen (secondary N) is 2. The monoisotopic (exact) mass is 262 g/mol. The second kappa shape index (κ2) is 7.29. The zero-order valence-electron chi connectivity index (χ0n) is 12.7. The van der Waals surface area contributed by atoms with Gasteiger partial charge in [0.1, 0.15) is 0 Å². The Morgan fingerprint density at radius 3 is 2.47 bits per heavy atom. The molecule has 1 aromatic carbocycles. The van der Waals surface area contributed by atoms with Crippen LogP contribution >= 0.6 is 0 Å². The normalized spacial score (nSPS) is 14.2. The molecule has 0 radical (unpaired) electrons. The van der Waals surface area contributed by atoms with E-state index in [0.29, 0.717) is 12.5 Å². The van der Waals surface area contributed by atoms with Gasteiger partial charge in [-0.2, -0.15) is 0 Å². The molecule has 0 saturated carbocycles. The summed E-state index contributed by atoms with van der Waals surface area (Å²) in [6, 6.07) is 8.74. The smallest absolute Gasteiger partial charge is 0.234 e. The number of amides is 1. The van der Waals surface area contributed by atoms with Gasteiger partial charge in [0.15, 0.2) is 0 Å². The Kier molecular flexibility index (Phi) is 6.03. The third-order valence-electron chi connectivity index (χ3n) is 3.50. The first kappa shape index (κ1) is 15.7. The van der Waals surface area contributed by atoms with Gasteiger partial charge >= 0.3 is 0 Å². The zero-order chi connectivity index (χ0) is 14.4. The van der Waals surface area contributed by atoms with Crippen molar-refractivity contribution in [2.45, 2.75) is 46.7 Å². The predicted molar refractivity (Wildman–Crippen MR) is 80.0 cm³/mol. The van der Waals surface area contributed by atoms with E-state index in [1.807, 2.05) is 13.0 Å². The van der Waals surface area contributed by atoms with Gasteiger partial charge in [0.25, 0.3) is 0 Å². The Hall–Kier alpha value is -1.35. The number of aryl methyl sites for hydroxylation is 1. The van der Waals surface area contributed by atoms with Crippen molar-refractivity contribution in [1.82, 2.24) is 10.6 Å². The van der Waals surface area contributed by atoms with Gasteiger partial charge in [-0.15, -0.1) is 0 Å². The Morgan fingerprint density at radius 1 is 1.21 bits per heavy atom. The summed E-state index contributed by atoms with van der Waals surface area (Å²) in [6.45, 7) is 10.8. The molecule has 0 saturated heterocycles. The molecular weight excluding hydrogens is 236 g/mol. The molecule has 19 heavy (non-hydrogen) atoms. The van der Waals surface area contributed by atoms with Crippen molar-refractivity contribution < 1.29 is 4.79 Å². The molecule has 1 unspecified atom stereocenters. The molecule has 0 fully saturated rings. The van der Waals surface area contributed by atoms with E-state index in [-0.39, 0.29) is 18.0 Å². The van der Waals surface area contributed by atoms with E-state index in [1.54, 1.807) is 0 Å². The number of carbonyl (C=O) groups is 1. The minimum Gasteiger partial charge on any atom is -0.352 e. The lowest BCUT2D eigenvalue weighted by molar-refractivity contribution is -0.121. The standard InChI is InChI=1S/C16H26N2O/c1-11(2)13(4)18-16(19)10-17-14(5)15-8-6-7-12(3)9-15/h6-9,11,13-14,17H,10H2,1-5H3,(H,18,19)/t13?,14-/m0/s1. The van der Waals surface area contributed by atoms with E-state index >= 15 is 0 Å². The first-order chi connectivity index (χ1) is 8.90. The van der Waals surface area contributed by atoms with Crippen LogP contribution in [0, 0.1) is 12.8 Å². The molecule has 0 bridgehead atoms. The van der Waals surface area contributed by atoms with Gasteiger partial charge in [-0.05, 0) is 32.3 Å². The van der Waals surface area contributed by atoms with Crippen molar-refractivity contribution in [3.8, 4) is 0 Å². The van der Waals surface area contributed by atoms with Crippen LogP contribution in [0.25, 0.3) is 0 Å². The highest BCUT2D eigenvalue weighted by molar-refractivity contribution is 5.78. The van der Waals surface area contributed by atoms with Crippen molar-refractivity contribution in [3.05, 3.63) is 35.4 Å². The molecule has 0 aromatic heterocycles. The number of benzene rings is 1. The van der Waals surface area contributed by atoms with Crippen LogP contribution in [-0.2, 0) is 4.79 Å². The van der Waals surface area contributed by atoms with E-state index in [1.165, 1.54) is 11.1 Å². The van der Waals surface area contributed by atoms with E-state index in [0.717, 1.165) is 0 Å². The molecule has 0 heterocycles. The Balaban J connectivity index is 2.42. The summed E-state index contributed by atoms with van der Waals surface area (Å²) >= 11 is 0. The summed E-state index contributed by atoms with van der Waals surface area (Å²) in [4.78, 5) is 11.8. The molecule has 0 aliphatic carbocycles. The summed E-state index contributed by atoms with van der Waals surface area (Å²) in [6.07, 6.45) is 0. The maximum atomic E-state index is 11.8. The minimum absolute atomic E-state index is 0.0562. The first-order valence-corrected chi connectivity index (χ1v) is 6.99. The largest absolute Gasteiger partial charge is 0.352 e. The van der Waals surface area contributed by atoms with Crippen LogP contribution in [0.15, 0.2) is 24.3 Å². The van der Waals surface area contributed by atoms with Crippen LogP contribution in [-0.4, -0.2) is 18.5 Å². The van der Waals surface area contributed by atoms with Gasteiger partial charge < -0.3 is 10.6 Å². The fourth-order valence-corrected chi connectivity index (χ4v) is 1.77. The molecule has 3 nitrogen and oxygen atoms in total. The van der Waals surface area contributed by atoms with Crippen LogP contribution in [0.5, 0.6) is 0 Å². The van der Waals surface area contributed by atoms with Crippen molar-refractivity contribution in [1.29, 1.82) is 0 Å². The number of carbonyl (C=O) groups excluding carboxylic acids is 1. The lowest BCUT2D eigenvalue weighted by Crippen LogP contribution is -2.41. The maximum absolute atomic E-state index is 11.8. The van der Waals surface area contributed by atoms with Crippen molar-refractivity contribution >= 4 is 5.91 Å². The van der Waals surface area contributed by atoms with Gasteiger partial charge in [-0.25, -0.2) is 0 Å². The minimum atomic E-state index is 0.0562. The molecule has 1 aromatic rings. The van der Waals surface area contributed by atoms with Gasteiger partial charge in [0, 0.05) is 12.1 Å². The maximum Gasteiger partial charge on any atom is 0.234 e. The Labute approximate surface area is 116 Å². The van der Waals surface area contributed by atoms with E-state index in [4.69, 9.17) is 0 Å². The lowest BCUT2D eigenvalue weighted by Gasteiger charge is -2.19. The highest BCUT2D eigenvalue weighted by Gasteiger charge is 2.12. The fourth-order valence-electron chi connectivity index (χ4n) is 1.77. The van der Waals surface area contributed by atoms with Crippen molar-refractivity contribution in [2.24, 2.45) is 5.92 Å². The number of hydrogen-bond acceptors (Lipinski definition) is 2. The quantitative estimate of drug-likeness (QED) is 0.827. The molecular formula is C16H26N2O. The molecule has 0 aliphatic heterocycles. The highest BCUT2D eigenvalue weighted by atomic mass is 16.1. The first-order valence-electron chi connectivity index (χ1n) is 6.99. The second-order valence-electron chi connectivity index (χ2n) is 5.62. The van der Waals surface area contributed by atoms with Crippen LogP contribution in [0.2, 0.25) is 0 Å². The summed E-state index contributed by atoms with van der Waals surface area (Å²) in [5.74, 6) is 0.513. The Bertz CT molecular complexity index is 415. The summed E-state index contributed by atoms with van der Waals surface area (Å²) in [7, 11) is 0. The van der Waals surface area contributed by atoms with Crippen molar-refractivity contribution in [3.63, 3.8) is 0 Å². The van der Waals surface area contributed by atoms with E-state index in [2.05, 4.69) is 56.5 Å². The van der Waals surface area contributed by atoms with Gasteiger partial charge in [0.05, 0.1) is 6.54 Å². The molecule has 1 amide bonds. The predicted octanol–water partition coefficient (Wildman–Crippen LogP) is 2.81. The molecule has 3 heteroatoms. The van der Waals surface area contributed by atoms with Gasteiger partial charge in [-0.1, -0.05) is 43.7 Å². The third-order valence-corrected chi connectivity index (χ3v) is 3.50. The highest BCUT2D eigenvalue weighted by Crippen LogP contribution is 2.13. The third kappa shape index (κ3) is 5.43. The van der Waals surface area contributed by atoms with Crippen LogP contribution in [0.3, 0.4) is 0 Å². The molecule has 0 aliphatic rings. The Morgan fingerprint density at radius 2 is 1.89 bits per heavy atom. The number of hydrogen-bond donors (Lipinski definition) is 2. The molecule has 0 spiro atoms. The topological polar surface area (TPSA) is 41.1 Å². The lowest BCUT2D eigenvalue weighted by atomic mass is 10.1. The summed E-state index contributed by atoms with van der Waals surface area (Å²) in [5.41, 5.74) is 2.45. The summed E-state index contributed by atoms with van der Waals surface area (Å²) in [5, 5.41) is 6.25. The second-order valence-corrected chi connectivity index (χ2v) is 5.62. The van der Waals surface area contributed by atoms with Crippen LogP contribution in [0.4, 0.5) is 0 Å². The van der Waals surface area contributed by atoms with Gasteiger partial charge in [-0.3, -0.25) is 4.79 Å². The number of rotatable bonds is 6. The average molecular weight is 262 g/mol. The van der Waals surface area contributed by atoms with Crippen LogP contribution in [0.1, 0.15) is 44.9 Å². The van der Waals surface area contributed by atoms with Crippen molar-refractivity contribution in [2.75, 3.05) is 6.54 Å². The SMILES string of the molecule is Cc1cccc([C@H](C)NCC(=O)NC(C)C(C)C)c1. The average Bonchev–Trinajstić information content (AvgIpc) is 2.35. The van der Waals surface area contributed by atoms with E-state index < -0.39 is 0 Å². The van der Waals surface area contributed by atoms with E-state index in [9.17, 15) is 4.79 Å². The van der Waals surface area contributed by atoms with Crippen LogP contribution < -0.4 is 10.6 Å².